The standard InChI is InChI=1S/C12H12N2O2/c1-8-3-4-10-11(5-8)16-12(15)14(10)7-9(2)6-13/h3-5,9H,7H2,1-2H3. The van der Waals surface area contributed by atoms with E-state index in [9.17, 15) is 4.79 Å². The molecule has 0 aliphatic carbocycles. The number of benzene rings is 1. The Bertz CT molecular complexity index is 616. The summed E-state index contributed by atoms with van der Waals surface area (Å²) >= 11 is 0. The number of oxazole rings is 1. The van der Waals surface area contributed by atoms with Gasteiger partial charge in [-0.05, 0) is 31.5 Å². The van der Waals surface area contributed by atoms with Crippen LogP contribution in [0.3, 0.4) is 0 Å². The minimum Gasteiger partial charge on any atom is -0.408 e. The number of rotatable bonds is 2. The summed E-state index contributed by atoms with van der Waals surface area (Å²) in [7, 11) is 0. The second-order valence-corrected chi connectivity index (χ2v) is 3.98. The number of hydrogen-bond donors (Lipinski definition) is 0. The zero-order valence-corrected chi connectivity index (χ0v) is 9.23. The molecule has 0 amide bonds. The number of nitrogens with zero attached hydrogens (tertiary/aromatic N) is 2. The molecule has 1 atom stereocenters. The number of fused-ring (bicyclic) bond motifs is 1. The Labute approximate surface area is 92.7 Å². The highest BCUT2D eigenvalue weighted by Gasteiger charge is 2.11. The molecule has 0 aliphatic heterocycles. The molecule has 1 aromatic heterocycles. The van der Waals surface area contributed by atoms with Gasteiger partial charge in [0.1, 0.15) is 0 Å². The fourth-order valence-electron chi connectivity index (χ4n) is 1.66. The van der Waals surface area contributed by atoms with Crippen LogP contribution in [0.1, 0.15) is 12.5 Å². The van der Waals surface area contributed by atoms with Crippen molar-refractivity contribution in [2.45, 2.75) is 20.4 Å². The van der Waals surface area contributed by atoms with Crippen LogP contribution in [-0.4, -0.2) is 4.57 Å². The van der Waals surface area contributed by atoms with Gasteiger partial charge in [0.15, 0.2) is 5.58 Å². The molecule has 4 heteroatoms. The van der Waals surface area contributed by atoms with Crippen molar-refractivity contribution in [3.05, 3.63) is 34.3 Å². The second kappa shape index (κ2) is 3.86. The van der Waals surface area contributed by atoms with Crippen molar-refractivity contribution < 1.29 is 4.42 Å². The lowest BCUT2D eigenvalue weighted by Gasteiger charge is -2.02. The molecule has 0 spiro atoms. The lowest BCUT2D eigenvalue weighted by atomic mass is 10.2. The molecule has 0 saturated heterocycles. The predicted octanol–water partition coefficient (Wildman–Crippen LogP) is 2.06. The smallest absolute Gasteiger partial charge is 0.408 e. The SMILES string of the molecule is Cc1ccc2c(c1)oc(=O)n2CC(C)C#N. The van der Waals surface area contributed by atoms with Crippen LogP contribution >= 0.6 is 0 Å². The largest absolute Gasteiger partial charge is 0.419 e. The zero-order chi connectivity index (χ0) is 11.7. The molecular weight excluding hydrogens is 204 g/mol. The molecule has 0 radical (unpaired) electrons. The van der Waals surface area contributed by atoms with Crippen LogP contribution < -0.4 is 5.76 Å². The van der Waals surface area contributed by atoms with Crippen molar-refractivity contribution in [2.75, 3.05) is 0 Å². The minimum absolute atomic E-state index is 0.209. The summed E-state index contributed by atoms with van der Waals surface area (Å²) < 4.78 is 6.63. The summed E-state index contributed by atoms with van der Waals surface area (Å²) in [6.07, 6.45) is 0. The van der Waals surface area contributed by atoms with Crippen molar-refractivity contribution in [3.63, 3.8) is 0 Å². The zero-order valence-electron chi connectivity index (χ0n) is 9.23. The van der Waals surface area contributed by atoms with Gasteiger partial charge >= 0.3 is 5.76 Å². The number of aromatic nitrogens is 1. The van der Waals surface area contributed by atoms with Gasteiger partial charge in [-0.15, -0.1) is 0 Å². The molecule has 1 heterocycles. The highest BCUT2D eigenvalue weighted by Crippen LogP contribution is 2.15. The first kappa shape index (κ1) is 10.5. The summed E-state index contributed by atoms with van der Waals surface area (Å²) in [6, 6.07) is 7.70. The molecule has 2 rings (SSSR count). The molecule has 1 unspecified atom stereocenters. The van der Waals surface area contributed by atoms with E-state index in [1.807, 2.05) is 25.1 Å². The number of hydrogen-bond acceptors (Lipinski definition) is 3. The average Bonchev–Trinajstić information content (AvgIpc) is 2.54. The third-order valence-corrected chi connectivity index (χ3v) is 2.50. The summed E-state index contributed by atoms with van der Waals surface area (Å²) in [4.78, 5) is 11.6. The van der Waals surface area contributed by atoms with Gasteiger partial charge in [-0.25, -0.2) is 4.79 Å². The van der Waals surface area contributed by atoms with Gasteiger partial charge in [0.2, 0.25) is 0 Å². The molecule has 0 bridgehead atoms. The quantitative estimate of drug-likeness (QED) is 0.772. The van der Waals surface area contributed by atoms with Crippen molar-refractivity contribution in [1.29, 1.82) is 5.26 Å². The third kappa shape index (κ3) is 1.72. The van der Waals surface area contributed by atoms with E-state index in [4.69, 9.17) is 9.68 Å². The van der Waals surface area contributed by atoms with Gasteiger partial charge < -0.3 is 4.42 Å². The normalized spacial score (nSPS) is 12.6. The summed E-state index contributed by atoms with van der Waals surface area (Å²) in [5.74, 6) is -0.609. The summed E-state index contributed by atoms with van der Waals surface area (Å²) in [5, 5.41) is 8.74. The molecule has 0 fully saturated rings. The maximum absolute atomic E-state index is 11.6. The Morgan fingerprint density at radius 3 is 3.00 bits per heavy atom. The van der Waals surface area contributed by atoms with E-state index in [0.717, 1.165) is 11.1 Å². The number of nitriles is 1. The third-order valence-electron chi connectivity index (χ3n) is 2.50. The summed E-state index contributed by atoms with van der Waals surface area (Å²) in [6.45, 7) is 4.08. The summed E-state index contributed by atoms with van der Waals surface area (Å²) in [5.41, 5.74) is 2.37. The molecule has 0 aliphatic rings. The van der Waals surface area contributed by atoms with Crippen LogP contribution in [-0.2, 0) is 6.54 Å². The Kier molecular flexibility index (Phi) is 2.53. The van der Waals surface area contributed by atoms with Crippen LogP contribution in [0.15, 0.2) is 27.4 Å². The molecule has 0 N–H and O–H groups in total. The van der Waals surface area contributed by atoms with Gasteiger partial charge in [0, 0.05) is 6.54 Å². The fraction of sp³-hybridized carbons (Fsp3) is 0.333. The maximum atomic E-state index is 11.6. The van der Waals surface area contributed by atoms with Crippen LogP contribution in [0.25, 0.3) is 11.1 Å². The molecule has 16 heavy (non-hydrogen) atoms. The Morgan fingerprint density at radius 1 is 1.56 bits per heavy atom. The van der Waals surface area contributed by atoms with Gasteiger partial charge in [-0.1, -0.05) is 6.07 Å². The molecule has 0 saturated carbocycles. The monoisotopic (exact) mass is 216 g/mol. The van der Waals surface area contributed by atoms with Gasteiger partial charge in [0.25, 0.3) is 0 Å². The van der Waals surface area contributed by atoms with E-state index in [1.54, 1.807) is 6.92 Å². The van der Waals surface area contributed by atoms with Crippen LogP contribution in [0.2, 0.25) is 0 Å². The second-order valence-electron chi connectivity index (χ2n) is 3.98. The first-order valence-corrected chi connectivity index (χ1v) is 5.11. The lowest BCUT2D eigenvalue weighted by Crippen LogP contribution is -2.17. The minimum atomic E-state index is -0.400. The molecular formula is C12H12N2O2. The Morgan fingerprint density at radius 2 is 2.31 bits per heavy atom. The topological polar surface area (TPSA) is 58.9 Å². The van der Waals surface area contributed by atoms with Crippen molar-refractivity contribution in [3.8, 4) is 6.07 Å². The molecule has 2 aromatic rings. The van der Waals surface area contributed by atoms with E-state index in [-0.39, 0.29) is 5.92 Å². The molecule has 4 nitrogen and oxygen atoms in total. The van der Waals surface area contributed by atoms with Gasteiger partial charge in [-0.3, -0.25) is 4.57 Å². The van der Waals surface area contributed by atoms with Crippen molar-refractivity contribution >= 4 is 11.1 Å². The van der Waals surface area contributed by atoms with Crippen LogP contribution in [0, 0.1) is 24.2 Å². The van der Waals surface area contributed by atoms with Crippen LogP contribution in [0.4, 0.5) is 0 Å². The van der Waals surface area contributed by atoms with E-state index >= 15 is 0 Å². The van der Waals surface area contributed by atoms with Gasteiger partial charge in [0.05, 0.1) is 17.5 Å². The van der Waals surface area contributed by atoms with Gasteiger partial charge in [-0.2, -0.15) is 5.26 Å². The van der Waals surface area contributed by atoms with E-state index in [0.29, 0.717) is 12.1 Å². The van der Waals surface area contributed by atoms with Crippen LogP contribution in [0.5, 0.6) is 0 Å². The Balaban J connectivity index is 2.57. The molecule has 1 aromatic carbocycles. The van der Waals surface area contributed by atoms with E-state index in [2.05, 4.69) is 6.07 Å². The number of aryl methyl sites for hydroxylation is 1. The van der Waals surface area contributed by atoms with Crippen molar-refractivity contribution in [1.82, 2.24) is 4.57 Å². The maximum Gasteiger partial charge on any atom is 0.419 e. The predicted molar refractivity (Wildman–Crippen MR) is 60.0 cm³/mol. The van der Waals surface area contributed by atoms with Crippen molar-refractivity contribution in [2.24, 2.45) is 5.92 Å². The lowest BCUT2D eigenvalue weighted by molar-refractivity contribution is 0.480. The van der Waals surface area contributed by atoms with E-state index < -0.39 is 5.76 Å². The highest BCUT2D eigenvalue weighted by molar-refractivity contribution is 5.73. The average molecular weight is 216 g/mol. The first-order chi connectivity index (χ1) is 7.61. The highest BCUT2D eigenvalue weighted by atomic mass is 16.4. The van der Waals surface area contributed by atoms with E-state index in [1.165, 1.54) is 4.57 Å². The fourth-order valence-corrected chi connectivity index (χ4v) is 1.66. The Hall–Kier alpha value is -2.02. The molecule has 82 valence electrons. The first-order valence-electron chi connectivity index (χ1n) is 5.11.